The Kier molecular flexibility index (Phi) is 5.89. The minimum Gasteiger partial charge on any atom is -0.457 e. The minimum atomic E-state index is -0.162. The van der Waals surface area contributed by atoms with Crippen molar-refractivity contribution in [3.8, 4) is 5.75 Å². The van der Waals surface area contributed by atoms with Gasteiger partial charge >= 0.3 is 0 Å². The molecule has 3 heterocycles. The Morgan fingerprint density at radius 2 is 2.03 bits per heavy atom. The zero-order chi connectivity index (χ0) is 19.7. The Bertz CT molecular complexity index is 1010. The highest BCUT2D eigenvalue weighted by molar-refractivity contribution is 6.07. The monoisotopic (exact) mass is 419 g/mol. The molecule has 154 valence electrons. The van der Waals surface area contributed by atoms with Gasteiger partial charge in [0.15, 0.2) is 0 Å². The van der Waals surface area contributed by atoms with E-state index < -0.39 is 0 Å². The molecular formula is C25H26ClN3O. The summed E-state index contributed by atoms with van der Waals surface area (Å²) in [5.74, 6) is 2.15. The van der Waals surface area contributed by atoms with E-state index in [1.807, 2.05) is 55.0 Å². The quantitative estimate of drug-likeness (QED) is 0.684. The summed E-state index contributed by atoms with van der Waals surface area (Å²) in [7, 11) is 0. The Balaban J connectivity index is 0.00000218. The van der Waals surface area contributed by atoms with Crippen LogP contribution < -0.4 is 4.74 Å². The Morgan fingerprint density at radius 3 is 2.83 bits per heavy atom. The SMILES string of the molecule is CC1=CN=C2C=C(Oc3ccccc3)C=CC23C1CCN3CCc1cccnc1.Cl. The van der Waals surface area contributed by atoms with Crippen LogP contribution in [0.3, 0.4) is 0 Å². The summed E-state index contributed by atoms with van der Waals surface area (Å²) >= 11 is 0. The molecule has 30 heavy (non-hydrogen) atoms. The number of allylic oxidation sites excluding steroid dienone is 1. The molecule has 2 aliphatic heterocycles. The van der Waals surface area contributed by atoms with E-state index >= 15 is 0 Å². The number of halogens is 1. The summed E-state index contributed by atoms with van der Waals surface area (Å²) < 4.78 is 6.09. The molecular weight excluding hydrogens is 394 g/mol. The van der Waals surface area contributed by atoms with E-state index in [1.54, 1.807) is 0 Å². The first-order valence-corrected chi connectivity index (χ1v) is 10.3. The fraction of sp³-hybridized carbons (Fsp3) is 0.280. The molecule has 1 aliphatic carbocycles. The van der Waals surface area contributed by atoms with Gasteiger partial charge in [0.1, 0.15) is 11.5 Å². The first-order valence-electron chi connectivity index (χ1n) is 10.3. The third kappa shape index (κ3) is 3.62. The lowest BCUT2D eigenvalue weighted by Crippen LogP contribution is -2.55. The summed E-state index contributed by atoms with van der Waals surface area (Å²) in [5, 5.41) is 0. The van der Waals surface area contributed by atoms with E-state index in [1.165, 1.54) is 11.1 Å². The van der Waals surface area contributed by atoms with Gasteiger partial charge in [0, 0.05) is 43.7 Å². The summed E-state index contributed by atoms with van der Waals surface area (Å²) in [5.41, 5.74) is 3.57. The van der Waals surface area contributed by atoms with Crippen LogP contribution in [0.15, 0.2) is 95.6 Å². The van der Waals surface area contributed by atoms with Crippen molar-refractivity contribution >= 4 is 18.1 Å². The van der Waals surface area contributed by atoms with E-state index in [-0.39, 0.29) is 17.9 Å². The number of likely N-dealkylation sites (tertiary alicyclic amines) is 1. The predicted molar refractivity (Wildman–Crippen MR) is 123 cm³/mol. The second-order valence-electron chi connectivity index (χ2n) is 7.95. The number of ether oxygens (including phenoxy) is 1. The van der Waals surface area contributed by atoms with Crippen molar-refractivity contribution < 1.29 is 4.74 Å². The van der Waals surface area contributed by atoms with Gasteiger partial charge in [0.2, 0.25) is 0 Å². The molecule has 1 aromatic carbocycles. The summed E-state index contributed by atoms with van der Waals surface area (Å²) in [6.45, 7) is 4.27. The van der Waals surface area contributed by atoms with Gasteiger partial charge < -0.3 is 4.74 Å². The van der Waals surface area contributed by atoms with Gasteiger partial charge in [0.05, 0.1) is 11.3 Å². The Morgan fingerprint density at radius 1 is 1.17 bits per heavy atom. The largest absolute Gasteiger partial charge is 0.457 e. The summed E-state index contributed by atoms with van der Waals surface area (Å²) in [4.78, 5) is 11.7. The molecule has 5 rings (SSSR count). The number of pyridine rings is 1. The molecule has 0 radical (unpaired) electrons. The molecule has 1 aromatic heterocycles. The lowest BCUT2D eigenvalue weighted by Gasteiger charge is -2.44. The van der Waals surface area contributed by atoms with E-state index in [0.29, 0.717) is 5.92 Å². The molecule has 1 fully saturated rings. The molecule has 0 N–H and O–H groups in total. The van der Waals surface area contributed by atoms with Crippen molar-refractivity contribution in [3.05, 3.63) is 96.2 Å². The average molecular weight is 420 g/mol. The van der Waals surface area contributed by atoms with Gasteiger partial charge in [-0.1, -0.05) is 30.3 Å². The zero-order valence-electron chi connectivity index (χ0n) is 17.1. The number of aliphatic imine (C=N–C) groups is 1. The maximum atomic E-state index is 6.09. The number of para-hydroxylation sites is 1. The second kappa shape index (κ2) is 8.58. The number of hydrogen-bond donors (Lipinski definition) is 0. The van der Waals surface area contributed by atoms with Crippen molar-refractivity contribution in [2.45, 2.75) is 25.3 Å². The maximum Gasteiger partial charge on any atom is 0.129 e. The van der Waals surface area contributed by atoms with Crippen LogP contribution in [0.2, 0.25) is 0 Å². The van der Waals surface area contributed by atoms with Crippen LogP contribution in [0.1, 0.15) is 18.9 Å². The number of hydrogen-bond acceptors (Lipinski definition) is 4. The van der Waals surface area contributed by atoms with Crippen LogP contribution >= 0.6 is 12.4 Å². The Labute approximate surface area is 184 Å². The van der Waals surface area contributed by atoms with Gasteiger partial charge in [-0.15, -0.1) is 12.4 Å². The van der Waals surface area contributed by atoms with Crippen LogP contribution in [0, 0.1) is 5.92 Å². The molecule has 0 bridgehead atoms. The molecule has 0 amide bonds. The van der Waals surface area contributed by atoms with Crippen LogP contribution in [-0.2, 0) is 6.42 Å². The minimum absolute atomic E-state index is 0. The van der Waals surface area contributed by atoms with E-state index in [2.05, 4.69) is 41.1 Å². The lowest BCUT2D eigenvalue weighted by molar-refractivity contribution is 0.225. The van der Waals surface area contributed by atoms with Gasteiger partial charge in [-0.2, -0.15) is 0 Å². The van der Waals surface area contributed by atoms with Gasteiger partial charge in [0.25, 0.3) is 0 Å². The second-order valence-corrected chi connectivity index (χ2v) is 7.95. The number of nitrogens with zero attached hydrogens (tertiary/aromatic N) is 3. The van der Waals surface area contributed by atoms with Crippen molar-refractivity contribution in [1.82, 2.24) is 9.88 Å². The molecule has 5 heteroatoms. The van der Waals surface area contributed by atoms with Crippen LogP contribution in [0.5, 0.6) is 5.75 Å². The molecule has 0 saturated carbocycles. The number of aromatic nitrogens is 1. The third-order valence-corrected chi connectivity index (χ3v) is 6.26. The predicted octanol–water partition coefficient (Wildman–Crippen LogP) is 5.00. The molecule has 3 aliphatic rings. The van der Waals surface area contributed by atoms with Crippen molar-refractivity contribution in [3.63, 3.8) is 0 Å². The van der Waals surface area contributed by atoms with Gasteiger partial charge in [-0.05, 0) is 55.2 Å². The van der Waals surface area contributed by atoms with Crippen LogP contribution in [-0.4, -0.2) is 34.2 Å². The summed E-state index contributed by atoms with van der Waals surface area (Å²) in [6.07, 6.45) is 14.5. The highest BCUT2D eigenvalue weighted by atomic mass is 35.5. The average Bonchev–Trinajstić information content (AvgIpc) is 3.14. The fourth-order valence-electron chi connectivity index (χ4n) is 4.84. The maximum absolute atomic E-state index is 6.09. The smallest absolute Gasteiger partial charge is 0.129 e. The Hall–Kier alpha value is -2.69. The molecule has 2 aromatic rings. The topological polar surface area (TPSA) is 37.7 Å². The summed E-state index contributed by atoms with van der Waals surface area (Å²) in [6, 6.07) is 14.1. The van der Waals surface area contributed by atoms with Crippen LogP contribution in [0.25, 0.3) is 0 Å². The third-order valence-electron chi connectivity index (χ3n) is 6.26. The molecule has 1 saturated heterocycles. The lowest BCUT2D eigenvalue weighted by atomic mass is 9.73. The molecule has 1 spiro atoms. The van der Waals surface area contributed by atoms with Crippen LogP contribution in [0.4, 0.5) is 0 Å². The zero-order valence-corrected chi connectivity index (χ0v) is 17.9. The standard InChI is InChI=1S/C25H25N3O.ClH/c1-19-17-27-24-16-22(29-21-7-3-2-4-8-21)9-12-25(24)23(19)11-15-28(25)14-10-20-6-5-13-26-18-20;/h2-9,12-13,16-18,23H,10-11,14-15H2,1H3;1H. The van der Waals surface area contributed by atoms with E-state index in [0.717, 1.165) is 43.2 Å². The highest BCUT2D eigenvalue weighted by Crippen LogP contribution is 2.46. The van der Waals surface area contributed by atoms with Crippen molar-refractivity contribution in [2.24, 2.45) is 10.9 Å². The van der Waals surface area contributed by atoms with Crippen molar-refractivity contribution in [2.75, 3.05) is 13.1 Å². The van der Waals surface area contributed by atoms with Gasteiger partial charge in [-0.25, -0.2) is 0 Å². The highest BCUT2D eigenvalue weighted by Gasteiger charge is 2.52. The molecule has 2 unspecified atom stereocenters. The number of benzene rings is 1. The van der Waals surface area contributed by atoms with Gasteiger partial charge in [-0.3, -0.25) is 14.9 Å². The molecule has 4 nitrogen and oxygen atoms in total. The normalized spacial score (nSPS) is 24.7. The number of rotatable bonds is 5. The van der Waals surface area contributed by atoms with Crippen molar-refractivity contribution in [1.29, 1.82) is 0 Å². The first-order chi connectivity index (χ1) is 14.3. The van der Waals surface area contributed by atoms with E-state index in [9.17, 15) is 0 Å². The molecule has 2 atom stereocenters. The first kappa shape index (κ1) is 20.6. The van der Waals surface area contributed by atoms with E-state index in [4.69, 9.17) is 9.73 Å². The fourth-order valence-corrected chi connectivity index (χ4v) is 4.84.